The molecule has 1 heterocycles. The fourth-order valence-electron chi connectivity index (χ4n) is 2.43. The Morgan fingerprint density at radius 1 is 1.18 bits per heavy atom. The molecule has 1 aliphatic rings. The average molecular weight is 233 g/mol. The minimum absolute atomic E-state index is 0.577. The first-order valence-electron chi connectivity index (χ1n) is 6.43. The quantitative estimate of drug-likeness (QED) is 0.802. The number of hydrogen-bond donors (Lipinski definition) is 1. The van der Waals surface area contributed by atoms with Gasteiger partial charge in [-0.15, -0.1) is 0 Å². The first kappa shape index (κ1) is 12.4. The van der Waals surface area contributed by atoms with E-state index in [1.807, 2.05) is 12.1 Å². The van der Waals surface area contributed by atoms with Crippen molar-refractivity contribution < 1.29 is 0 Å². The molecule has 94 valence electrons. The molecule has 0 aromatic heterocycles. The van der Waals surface area contributed by atoms with Gasteiger partial charge in [0.25, 0.3) is 0 Å². The van der Waals surface area contributed by atoms with Crippen LogP contribution in [-0.4, -0.2) is 49.1 Å². The monoisotopic (exact) mass is 233 g/mol. The highest BCUT2D eigenvalue weighted by molar-refractivity contribution is 5.46. The van der Waals surface area contributed by atoms with Gasteiger partial charge in [-0.1, -0.05) is 18.2 Å². The summed E-state index contributed by atoms with van der Waals surface area (Å²) in [6.07, 6.45) is 1.05. The lowest BCUT2D eigenvalue weighted by Gasteiger charge is -2.36. The standard InChI is InChI=1S/C14H23N3/c1-12(17-9-7-16(2)8-10-17)11-13-5-3-4-6-14(13)15/h3-6,12H,7-11,15H2,1-2H3. The van der Waals surface area contributed by atoms with E-state index in [4.69, 9.17) is 5.73 Å². The number of likely N-dealkylation sites (N-methyl/N-ethyl adjacent to an activating group) is 1. The minimum atomic E-state index is 0.577. The Hall–Kier alpha value is -1.06. The van der Waals surface area contributed by atoms with Gasteiger partial charge in [0.1, 0.15) is 0 Å². The Morgan fingerprint density at radius 2 is 1.82 bits per heavy atom. The third-order valence-corrected chi connectivity index (χ3v) is 3.73. The summed E-state index contributed by atoms with van der Waals surface area (Å²) >= 11 is 0. The molecule has 3 nitrogen and oxygen atoms in total. The zero-order chi connectivity index (χ0) is 12.3. The van der Waals surface area contributed by atoms with Gasteiger partial charge < -0.3 is 10.6 Å². The highest BCUT2D eigenvalue weighted by atomic mass is 15.3. The van der Waals surface area contributed by atoms with Crippen molar-refractivity contribution >= 4 is 5.69 Å². The van der Waals surface area contributed by atoms with Crippen LogP contribution in [0.25, 0.3) is 0 Å². The number of nitrogen functional groups attached to an aromatic ring is 1. The number of hydrogen-bond acceptors (Lipinski definition) is 3. The van der Waals surface area contributed by atoms with E-state index in [1.165, 1.54) is 31.7 Å². The fraction of sp³-hybridized carbons (Fsp3) is 0.571. The summed E-state index contributed by atoms with van der Waals surface area (Å²) in [5, 5.41) is 0. The zero-order valence-corrected chi connectivity index (χ0v) is 10.9. The summed E-state index contributed by atoms with van der Waals surface area (Å²) < 4.78 is 0. The third-order valence-electron chi connectivity index (χ3n) is 3.73. The number of benzene rings is 1. The number of nitrogens with two attached hydrogens (primary N) is 1. The molecule has 17 heavy (non-hydrogen) atoms. The van der Waals surface area contributed by atoms with Gasteiger partial charge in [-0.25, -0.2) is 0 Å². The third kappa shape index (κ3) is 3.20. The molecule has 0 aliphatic carbocycles. The maximum atomic E-state index is 5.99. The van der Waals surface area contributed by atoms with E-state index < -0.39 is 0 Å². The molecule has 2 rings (SSSR count). The Balaban J connectivity index is 1.93. The fourth-order valence-corrected chi connectivity index (χ4v) is 2.43. The molecule has 0 spiro atoms. The molecule has 2 N–H and O–H groups in total. The van der Waals surface area contributed by atoms with Crippen LogP contribution < -0.4 is 5.73 Å². The van der Waals surface area contributed by atoms with Crippen molar-refractivity contribution in [2.75, 3.05) is 39.0 Å². The van der Waals surface area contributed by atoms with E-state index in [-0.39, 0.29) is 0 Å². The van der Waals surface area contributed by atoms with Crippen molar-refractivity contribution in [1.29, 1.82) is 0 Å². The predicted octanol–water partition coefficient (Wildman–Crippen LogP) is 1.45. The lowest BCUT2D eigenvalue weighted by atomic mass is 10.0. The van der Waals surface area contributed by atoms with Crippen LogP contribution in [0.15, 0.2) is 24.3 Å². The summed E-state index contributed by atoms with van der Waals surface area (Å²) in [6.45, 7) is 7.00. The minimum Gasteiger partial charge on any atom is -0.399 e. The predicted molar refractivity (Wildman–Crippen MR) is 73.1 cm³/mol. The van der Waals surface area contributed by atoms with Gasteiger partial charge in [0.05, 0.1) is 0 Å². The van der Waals surface area contributed by atoms with E-state index in [0.717, 1.165) is 12.1 Å². The van der Waals surface area contributed by atoms with E-state index in [0.29, 0.717) is 6.04 Å². The van der Waals surface area contributed by atoms with Crippen molar-refractivity contribution in [3.05, 3.63) is 29.8 Å². The first-order valence-corrected chi connectivity index (χ1v) is 6.43. The Morgan fingerprint density at radius 3 is 2.47 bits per heavy atom. The molecule has 1 aliphatic heterocycles. The second-order valence-electron chi connectivity index (χ2n) is 5.09. The largest absolute Gasteiger partial charge is 0.399 e. The van der Waals surface area contributed by atoms with Gasteiger partial charge in [-0.3, -0.25) is 4.90 Å². The molecule has 1 atom stereocenters. The van der Waals surface area contributed by atoms with Gasteiger partial charge in [0.15, 0.2) is 0 Å². The van der Waals surface area contributed by atoms with Crippen molar-refractivity contribution in [3.63, 3.8) is 0 Å². The molecular weight excluding hydrogens is 210 g/mol. The van der Waals surface area contributed by atoms with Crippen molar-refractivity contribution in [1.82, 2.24) is 9.80 Å². The topological polar surface area (TPSA) is 32.5 Å². The van der Waals surface area contributed by atoms with E-state index in [1.54, 1.807) is 0 Å². The molecular formula is C14H23N3. The van der Waals surface area contributed by atoms with E-state index in [2.05, 4.69) is 35.9 Å². The smallest absolute Gasteiger partial charge is 0.0347 e. The molecule has 1 aromatic rings. The average Bonchev–Trinajstić information content (AvgIpc) is 2.33. The summed E-state index contributed by atoms with van der Waals surface area (Å²) in [6, 6.07) is 8.78. The summed E-state index contributed by atoms with van der Waals surface area (Å²) in [4.78, 5) is 4.95. The van der Waals surface area contributed by atoms with Gasteiger partial charge in [-0.05, 0) is 32.0 Å². The first-order chi connectivity index (χ1) is 8.16. The van der Waals surface area contributed by atoms with Crippen LogP contribution in [-0.2, 0) is 6.42 Å². The van der Waals surface area contributed by atoms with Crippen LogP contribution in [0.1, 0.15) is 12.5 Å². The molecule has 0 bridgehead atoms. The zero-order valence-electron chi connectivity index (χ0n) is 10.9. The molecule has 1 fully saturated rings. The normalized spacial score (nSPS) is 20.4. The summed E-state index contributed by atoms with van der Waals surface area (Å²) in [5.74, 6) is 0. The Kier molecular flexibility index (Phi) is 4.02. The van der Waals surface area contributed by atoms with Crippen LogP contribution in [0.4, 0.5) is 5.69 Å². The van der Waals surface area contributed by atoms with Crippen molar-refractivity contribution in [2.24, 2.45) is 0 Å². The molecule has 0 radical (unpaired) electrons. The number of anilines is 1. The van der Waals surface area contributed by atoms with Crippen LogP contribution in [0.2, 0.25) is 0 Å². The number of para-hydroxylation sites is 1. The lowest BCUT2D eigenvalue weighted by Crippen LogP contribution is -2.48. The van der Waals surface area contributed by atoms with Gasteiger partial charge in [-0.2, -0.15) is 0 Å². The SMILES string of the molecule is CC(Cc1ccccc1N)N1CCN(C)CC1. The van der Waals surface area contributed by atoms with Gasteiger partial charge >= 0.3 is 0 Å². The molecule has 1 unspecified atom stereocenters. The number of rotatable bonds is 3. The molecule has 0 saturated carbocycles. The van der Waals surface area contributed by atoms with Crippen LogP contribution in [0.3, 0.4) is 0 Å². The Labute approximate surface area is 104 Å². The van der Waals surface area contributed by atoms with Gasteiger partial charge in [0, 0.05) is 37.9 Å². The van der Waals surface area contributed by atoms with Crippen LogP contribution in [0.5, 0.6) is 0 Å². The highest BCUT2D eigenvalue weighted by Gasteiger charge is 2.19. The van der Waals surface area contributed by atoms with Crippen molar-refractivity contribution in [2.45, 2.75) is 19.4 Å². The maximum Gasteiger partial charge on any atom is 0.0347 e. The lowest BCUT2D eigenvalue weighted by molar-refractivity contribution is 0.119. The summed E-state index contributed by atoms with van der Waals surface area (Å²) in [5.41, 5.74) is 8.20. The van der Waals surface area contributed by atoms with Gasteiger partial charge in [0.2, 0.25) is 0 Å². The van der Waals surface area contributed by atoms with E-state index in [9.17, 15) is 0 Å². The second-order valence-corrected chi connectivity index (χ2v) is 5.09. The van der Waals surface area contributed by atoms with Crippen LogP contribution in [0, 0.1) is 0 Å². The molecule has 1 aromatic carbocycles. The highest BCUT2D eigenvalue weighted by Crippen LogP contribution is 2.16. The number of nitrogens with zero attached hydrogens (tertiary/aromatic N) is 2. The molecule has 1 saturated heterocycles. The Bertz CT molecular complexity index is 356. The summed E-state index contributed by atoms with van der Waals surface area (Å²) in [7, 11) is 2.19. The molecule has 0 amide bonds. The van der Waals surface area contributed by atoms with E-state index >= 15 is 0 Å². The number of piperazine rings is 1. The van der Waals surface area contributed by atoms with Crippen LogP contribution >= 0.6 is 0 Å². The van der Waals surface area contributed by atoms with Crippen molar-refractivity contribution in [3.8, 4) is 0 Å². The molecule has 3 heteroatoms. The maximum absolute atomic E-state index is 5.99. The second kappa shape index (κ2) is 5.52.